The van der Waals surface area contributed by atoms with E-state index in [4.69, 9.17) is 13.3 Å². The van der Waals surface area contributed by atoms with Gasteiger partial charge in [0.2, 0.25) is 0 Å². The van der Waals surface area contributed by atoms with Crippen LogP contribution in [0.1, 0.15) is 11.1 Å². The Morgan fingerprint density at radius 2 is 0.614 bits per heavy atom. The molecule has 16 rings (SSSR count). The highest BCUT2D eigenvalue weighted by molar-refractivity contribution is 6.21. The molecule has 0 saturated heterocycles. The zero-order chi connectivity index (χ0) is 45.9. The number of benzene rings is 10. The SMILES string of the molecule is N#Cc1c(-n2c3ccccc3c3cc4oc5ccccc5c4cc32)cc(-n2c3ccccc3c3cc4oc5ccccc5c4cc32)c(-n2c3ccccc3c3cc4oc5ccccc5c4cc32)c1C#N. The first kappa shape index (κ1) is 37.1. The number of furan rings is 3. The zero-order valence-electron chi connectivity index (χ0n) is 36.9. The fraction of sp³-hybridized carbons (Fsp3) is 0. The van der Waals surface area contributed by atoms with Crippen LogP contribution in [0.25, 0.3) is 148 Å². The van der Waals surface area contributed by atoms with Crippen LogP contribution < -0.4 is 0 Å². The summed E-state index contributed by atoms with van der Waals surface area (Å²) in [5.41, 5.74) is 12.6. The molecule has 6 heterocycles. The lowest BCUT2D eigenvalue weighted by molar-refractivity contribution is 0.669. The van der Waals surface area contributed by atoms with Crippen molar-refractivity contribution in [1.29, 1.82) is 10.5 Å². The molecule has 6 aromatic heterocycles. The summed E-state index contributed by atoms with van der Waals surface area (Å²) < 4.78 is 26.1. The van der Waals surface area contributed by atoms with Gasteiger partial charge in [-0.25, -0.2) is 0 Å². The minimum absolute atomic E-state index is 0.247. The molecular formula is C62H31N5O3. The summed E-state index contributed by atoms with van der Waals surface area (Å²) in [5.74, 6) is 0. The molecule has 16 aromatic rings. The van der Waals surface area contributed by atoms with Crippen molar-refractivity contribution < 1.29 is 13.3 Å². The van der Waals surface area contributed by atoms with E-state index < -0.39 is 0 Å². The van der Waals surface area contributed by atoms with Crippen molar-refractivity contribution in [3.63, 3.8) is 0 Å². The van der Waals surface area contributed by atoms with Crippen LogP contribution in [-0.2, 0) is 0 Å². The third-order valence-electron chi connectivity index (χ3n) is 14.7. The summed E-state index contributed by atoms with van der Waals surface area (Å²) in [6, 6.07) is 69.6. The molecule has 0 saturated carbocycles. The molecule has 8 nitrogen and oxygen atoms in total. The van der Waals surface area contributed by atoms with Gasteiger partial charge in [-0.3, -0.25) is 0 Å². The highest BCUT2D eigenvalue weighted by Gasteiger charge is 2.29. The number of rotatable bonds is 3. The van der Waals surface area contributed by atoms with Gasteiger partial charge in [-0.05, 0) is 78.9 Å². The summed E-state index contributed by atoms with van der Waals surface area (Å²) in [7, 11) is 0. The first-order valence-corrected chi connectivity index (χ1v) is 23.2. The second kappa shape index (κ2) is 13.3. The molecular weight excluding hydrogens is 863 g/mol. The molecule has 0 radical (unpaired) electrons. The molecule has 322 valence electrons. The Bertz CT molecular complexity index is 5110. The lowest BCUT2D eigenvalue weighted by atomic mass is 10.0. The van der Waals surface area contributed by atoms with E-state index in [1.54, 1.807) is 0 Å². The van der Waals surface area contributed by atoms with Gasteiger partial charge in [-0.15, -0.1) is 0 Å². The Kier molecular flexibility index (Phi) is 7.06. The summed E-state index contributed by atoms with van der Waals surface area (Å²) in [6.45, 7) is 0. The molecule has 0 aliphatic rings. The van der Waals surface area contributed by atoms with Crippen LogP contribution >= 0.6 is 0 Å². The van der Waals surface area contributed by atoms with Gasteiger partial charge in [0.25, 0.3) is 0 Å². The van der Waals surface area contributed by atoms with Crippen LogP contribution in [0, 0.1) is 22.7 Å². The molecule has 0 fully saturated rings. The molecule has 0 N–H and O–H groups in total. The molecule has 0 bridgehead atoms. The van der Waals surface area contributed by atoms with Crippen molar-refractivity contribution in [2.45, 2.75) is 0 Å². The number of nitriles is 2. The smallest absolute Gasteiger partial charge is 0.136 e. The average Bonchev–Trinajstić information content (AvgIpc) is 4.25. The molecule has 8 heteroatoms. The lowest BCUT2D eigenvalue weighted by Gasteiger charge is -2.22. The second-order valence-electron chi connectivity index (χ2n) is 18.2. The van der Waals surface area contributed by atoms with Crippen LogP contribution in [0.3, 0.4) is 0 Å². The molecule has 0 unspecified atom stereocenters. The number of hydrogen-bond acceptors (Lipinski definition) is 5. The Balaban J connectivity index is 1.13. The Labute approximate surface area is 395 Å². The number of aromatic nitrogens is 3. The fourth-order valence-electron chi connectivity index (χ4n) is 11.8. The van der Waals surface area contributed by atoms with Crippen molar-refractivity contribution in [2.75, 3.05) is 0 Å². The van der Waals surface area contributed by atoms with E-state index in [1.807, 2.05) is 78.9 Å². The minimum Gasteiger partial charge on any atom is -0.456 e. The number of fused-ring (bicyclic) bond motifs is 18. The maximum absolute atomic E-state index is 11.9. The Morgan fingerprint density at radius 3 is 1.03 bits per heavy atom. The molecule has 10 aromatic carbocycles. The van der Waals surface area contributed by atoms with Gasteiger partial charge in [0.1, 0.15) is 45.6 Å². The van der Waals surface area contributed by atoms with Crippen LogP contribution in [0.15, 0.2) is 201 Å². The largest absolute Gasteiger partial charge is 0.456 e. The maximum Gasteiger partial charge on any atom is 0.136 e. The molecule has 0 atom stereocenters. The second-order valence-corrected chi connectivity index (χ2v) is 18.2. The topological polar surface area (TPSA) is 102 Å². The van der Waals surface area contributed by atoms with Crippen molar-refractivity contribution in [3.8, 4) is 29.2 Å². The highest BCUT2D eigenvalue weighted by atomic mass is 16.3. The number of hydrogen-bond donors (Lipinski definition) is 0. The van der Waals surface area contributed by atoms with Gasteiger partial charge in [0, 0.05) is 64.6 Å². The van der Waals surface area contributed by atoms with Crippen LogP contribution in [0.4, 0.5) is 0 Å². The summed E-state index contributed by atoms with van der Waals surface area (Å²) in [5, 5.41) is 35.5. The summed E-state index contributed by atoms with van der Waals surface area (Å²) >= 11 is 0. The van der Waals surface area contributed by atoms with E-state index in [0.29, 0.717) is 11.4 Å². The lowest BCUT2D eigenvalue weighted by Crippen LogP contribution is -2.11. The van der Waals surface area contributed by atoms with Gasteiger partial charge in [0.15, 0.2) is 0 Å². The van der Waals surface area contributed by atoms with Crippen LogP contribution in [0.5, 0.6) is 0 Å². The maximum atomic E-state index is 11.9. The molecule has 0 aliphatic carbocycles. The van der Waals surface area contributed by atoms with E-state index in [0.717, 1.165) is 137 Å². The zero-order valence-corrected chi connectivity index (χ0v) is 36.9. The first-order valence-electron chi connectivity index (χ1n) is 23.2. The first-order chi connectivity index (χ1) is 34.6. The molecule has 70 heavy (non-hydrogen) atoms. The predicted octanol–water partition coefficient (Wildman–Crippen LogP) is 16.4. The van der Waals surface area contributed by atoms with E-state index in [2.05, 4.69) is 135 Å². The third-order valence-corrected chi connectivity index (χ3v) is 14.7. The number of para-hydroxylation sites is 6. The van der Waals surface area contributed by atoms with Crippen LogP contribution in [0.2, 0.25) is 0 Å². The summed E-state index contributed by atoms with van der Waals surface area (Å²) in [4.78, 5) is 0. The Hall–Kier alpha value is -10.0. The van der Waals surface area contributed by atoms with E-state index >= 15 is 0 Å². The van der Waals surface area contributed by atoms with Gasteiger partial charge in [0.05, 0.1) is 61.3 Å². The molecule has 0 spiro atoms. The monoisotopic (exact) mass is 893 g/mol. The van der Waals surface area contributed by atoms with Gasteiger partial charge in [-0.1, -0.05) is 109 Å². The highest BCUT2D eigenvalue weighted by Crippen LogP contribution is 2.47. The van der Waals surface area contributed by atoms with Crippen molar-refractivity contribution in [2.24, 2.45) is 0 Å². The normalized spacial score (nSPS) is 12.3. The van der Waals surface area contributed by atoms with Crippen molar-refractivity contribution in [1.82, 2.24) is 13.7 Å². The van der Waals surface area contributed by atoms with Crippen molar-refractivity contribution >= 4 is 131 Å². The van der Waals surface area contributed by atoms with Gasteiger partial charge < -0.3 is 27.0 Å². The van der Waals surface area contributed by atoms with Crippen molar-refractivity contribution in [3.05, 3.63) is 199 Å². The van der Waals surface area contributed by atoms with E-state index in [1.165, 1.54) is 0 Å². The number of nitrogens with zero attached hydrogens (tertiary/aromatic N) is 5. The molecule has 0 amide bonds. The third kappa shape index (κ3) is 4.71. The fourth-order valence-corrected chi connectivity index (χ4v) is 11.8. The van der Waals surface area contributed by atoms with Gasteiger partial charge in [-0.2, -0.15) is 10.5 Å². The minimum atomic E-state index is 0.247. The average molecular weight is 894 g/mol. The van der Waals surface area contributed by atoms with Crippen LogP contribution in [-0.4, -0.2) is 13.7 Å². The quantitative estimate of drug-likeness (QED) is 0.176. The standard InChI is InChI=1S/C62H31N5O3/c63-32-46-47(33-64)62(67-50-21-9-3-15-36(50)42-30-61-45(27-53(42)67)39-18-6-12-24-58(39)70-61)55(66-49-20-8-2-14-35(49)41-29-60-44(26-52(41)66)38-17-5-11-23-57(38)69-60)31-54(46)65-48-19-7-1-13-34(48)40-28-59-43(25-51(40)65)37-16-4-10-22-56(37)68-59/h1-31H. The predicted molar refractivity (Wildman–Crippen MR) is 281 cm³/mol. The van der Waals surface area contributed by atoms with E-state index in [9.17, 15) is 10.5 Å². The van der Waals surface area contributed by atoms with Gasteiger partial charge >= 0.3 is 0 Å². The summed E-state index contributed by atoms with van der Waals surface area (Å²) in [6.07, 6.45) is 0. The van der Waals surface area contributed by atoms with E-state index in [-0.39, 0.29) is 11.1 Å². The Morgan fingerprint density at radius 1 is 0.271 bits per heavy atom. The molecule has 0 aliphatic heterocycles.